The van der Waals surface area contributed by atoms with Crippen LogP contribution in [0.3, 0.4) is 0 Å². The van der Waals surface area contributed by atoms with Crippen LogP contribution in [0.1, 0.15) is 6.42 Å². The van der Waals surface area contributed by atoms with Crippen LogP contribution < -0.4 is 4.57 Å². The second kappa shape index (κ2) is 5.62. The van der Waals surface area contributed by atoms with E-state index in [1.165, 1.54) is 0 Å². The summed E-state index contributed by atoms with van der Waals surface area (Å²) >= 11 is 0. The molecule has 104 valence electrons. The van der Waals surface area contributed by atoms with E-state index in [1.807, 2.05) is 41.2 Å². The first-order valence-electron chi connectivity index (χ1n) is 6.51. The predicted molar refractivity (Wildman–Crippen MR) is 75.2 cm³/mol. The van der Waals surface area contributed by atoms with Crippen molar-refractivity contribution in [1.82, 2.24) is 15.0 Å². The molecule has 1 N–H and O–H groups in total. The topological polar surface area (TPSA) is 79.9 Å². The number of rotatable bonds is 4. The van der Waals surface area contributed by atoms with E-state index in [0.29, 0.717) is 18.0 Å². The summed E-state index contributed by atoms with van der Waals surface area (Å²) in [5.41, 5.74) is 1.53. The van der Waals surface area contributed by atoms with E-state index < -0.39 is 5.97 Å². The fourth-order valence-corrected chi connectivity index (χ4v) is 1.98. The molecule has 0 saturated heterocycles. The van der Waals surface area contributed by atoms with Gasteiger partial charge in [0.15, 0.2) is 30.4 Å². The summed E-state index contributed by atoms with van der Waals surface area (Å²) in [6.45, 7) is 0.440. The number of pyridine rings is 2. The molecule has 0 radical (unpaired) electrons. The van der Waals surface area contributed by atoms with Crippen molar-refractivity contribution in [1.29, 1.82) is 0 Å². The molecule has 3 aromatic rings. The third kappa shape index (κ3) is 3.00. The lowest BCUT2D eigenvalue weighted by Crippen LogP contribution is -2.33. The number of carboxylic acids is 1. The number of hydrogen-bond acceptors (Lipinski definition) is 4. The Morgan fingerprint density at radius 3 is 2.76 bits per heavy atom. The predicted octanol–water partition coefficient (Wildman–Crippen LogP) is 1.45. The number of hydrogen-bond donors (Lipinski definition) is 1. The van der Waals surface area contributed by atoms with E-state index in [2.05, 4.69) is 15.0 Å². The fraction of sp³-hybridized carbons (Fsp3) is 0.133. The third-order valence-electron chi connectivity index (χ3n) is 3.09. The van der Waals surface area contributed by atoms with Gasteiger partial charge >= 0.3 is 5.97 Å². The molecule has 6 nitrogen and oxygen atoms in total. The highest BCUT2D eigenvalue weighted by atomic mass is 16.4. The number of nitrogens with zero attached hydrogens (tertiary/aromatic N) is 4. The number of aryl methyl sites for hydroxylation is 1. The molecule has 0 fully saturated rings. The normalized spacial score (nSPS) is 10.7. The first kappa shape index (κ1) is 13.1. The summed E-state index contributed by atoms with van der Waals surface area (Å²) in [7, 11) is 0. The van der Waals surface area contributed by atoms with Gasteiger partial charge in [-0.1, -0.05) is 0 Å². The van der Waals surface area contributed by atoms with E-state index in [1.54, 1.807) is 12.4 Å². The summed E-state index contributed by atoms with van der Waals surface area (Å²) < 4.78 is 1.82. The Labute approximate surface area is 120 Å². The van der Waals surface area contributed by atoms with Gasteiger partial charge in [-0.25, -0.2) is 19.5 Å². The largest absolute Gasteiger partial charge is 0.481 e. The minimum atomic E-state index is -0.810. The van der Waals surface area contributed by atoms with Crippen LogP contribution in [0.25, 0.3) is 22.4 Å². The number of carbonyl (C=O) groups is 1. The van der Waals surface area contributed by atoms with Crippen molar-refractivity contribution >= 4 is 17.0 Å². The molecular formula is C15H13N4O2+. The quantitative estimate of drug-likeness (QED) is 0.732. The van der Waals surface area contributed by atoms with Gasteiger partial charge in [-0.15, -0.1) is 0 Å². The molecule has 3 rings (SSSR count). The highest BCUT2D eigenvalue weighted by Gasteiger charge is 2.08. The van der Waals surface area contributed by atoms with E-state index in [4.69, 9.17) is 5.11 Å². The molecule has 3 heterocycles. The van der Waals surface area contributed by atoms with Crippen LogP contribution in [0.2, 0.25) is 0 Å². The van der Waals surface area contributed by atoms with E-state index in [9.17, 15) is 4.79 Å². The molecule has 0 atom stereocenters. The first-order valence-corrected chi connectivity index (χ1v) is 6.51. The highest BCUT2D eigenvalue weighted by Crippen LogP contribution is 2.15. The smallest absolute Gasteiger partial charge is 0.309 e. The summed E-state index contributed by atoms with van der Waals surface area (Å²) in [4.78, 5) is 23.5. The maximum atomic E-state index is 10.5. The van der Waals surface area contributed by atoms with Gasteiger partial charge in [0.1, 0.15) is 6.42 Å². The maximum Gasteiger partial charge on any atom is 0.309 e. The van der Waals surface area contributed by atoms with Crippen LogP contribution in [-0.2, 0) is 11.3 Å². The maximum absolute atomic E-state index is 10.5. The first-order chi connectivity index (χ1) is 10.2. The van der Waals surface area contributed by atoms with Crippen molar-refractivity contribution < 1.29 is 14.5 Å². The van der Waals surface area contributed by atoms with Gasteiger partial charge in [0.25, 0.3) is 0 Å². The summed E-state index contributed by atoms with van der Waals surface area (Å²) in [5.74, 6) is -0.206. The molecule has 0 aliphatic carbocycles. The summed E-state index contributed by atoms with van der Waals surface area (Å²) in [5, 5.41) is 9.56. The van der Waals surface area contributed by atoms with Crippen LogP contribution >= 0.6 is 0 Å². The van der Waals surface area contributed by atoms with Crippen LogP contribution in [0.5, 0.6) is 0 Å². The Bertz CT molecular complexity index is 787. The van der Waals surface area contributed by atoms with Gasteiger partial charge in [-0.2, -0.15) is 0 Å². The monoisotopic (exact) mass is 281 g/mol. The van der Waals surface area contributed by atoms with Crippen LogP contribution in [0.15, 0.2) is 49.1 Å². The fourth-order valence-electron chi connectivity index (χ4n) is 1.98. The Morgan fingerprint density at radius 1 is 1.19 bits per heavy atom. The number of carboxylic acid groups (broad SMARTS) is 1. The lowest BCUT2D eigenvalue weighted by atomic mass is 10.2. The number of aliphatic carboxylic acids is 1. The zero-order valence-electron chi connectivity index (χ0n) is 11.2. The van der Waals surface area contributed by atoms with Crippen molar-refractivity contribution in [3.63, 3.8) is 0 Å². The van der Waals surface area contributed by atoms with Crippen molar-refractivity contribution in [2.45, 2.75) is 13.0 Å². The third-order valence-corrected chi connectivity index (χ3v) is 3.09. The molecule has 0 aliphatic rings. The number of aromatic nitrogens is 4. The molecule has 0 bridgehead atoms. The van der Waals surface area contributed by atoms with Gasteiger partial charge in [0.2, 0.25) is 0 Å². The molecule has 0 unspecified atom stereocenters. The van der Waals surface area contributed by atoms with E-state index >= 15 is 0 Å². The number of fused-ring (bicyclic) bond motifs is 1. The molecule has 6 heteroatoms. The van der Waals surface area contributed by atoms with Gasteiger partial charge in [0.05, 0.1) is 0 Å². The molecule has 0 amide bonds. The summed E-state index contributed by atoms with van der Waals surface area (Å²) in [6, 6.07) is 7.49. The van der Waals surface area contributed by atoms with E-state index in [0.717, 1.165) is 10.9 Å². The Kier molecular flexibility index (Phi) is 3.51. The molecule has 0 saturated carbocycles. The molecule has 3 aromatic heterocycles. The van der Waals surface area contributed by atoms with Crippen molar-refractivity contribution in [2.24, 2.45) is 0 Å². The van der Waals surface area contributed by atoms with Gasteiger partial charge in [-0.3, -0.25) is 4.79 Å². The second-order valence-corrected chi connectivity index (χ2v) is 4.58. The molecular weight excluding hydrogens is 268 g/mol. The molecule has 0 aromatic carbocycles. The Balaban J connectivity index is 1.86. The SMILES string of the molecule is O=C(O)CC[n+]1ccc(-c2ncc3cccnc3n2)cc1. The van der Waals surface area contributed by atoms with Crippen molar-refractivity contribution in [2.75, 3.05) is 0 Å². The van der Waals surface area contributed by atoms with E-state index in [-0.39, 0.29) is 6.42 Å². The zero-order valence-corrected chi connectivity index (χ0v) is 11.2. The van der Waals surface area contributed by atoms with Crippen molar-refractivity contribution in [3.8, 4) is 11.4 Å². The molecule has 21 heavy (non-hydrogen) atoms. The van der Waals surface area contributed by atoms with Gasteiger partial charge < -0.3 is 5.11 Å². The Hall–Kier alpha value is -2.89. The summed E-state index contributed by atoms with van der Waals surface area (Å²) in [6.07, 6.45) is 7.19. The molecule has 0 spiro atoms. The van der Waals surface area contributed by atoms with Crippen LogP contribution in [0.4, 0.5) is 0 Å². The standard InChI is InChI=1S/C15H12N4O2/c20-13(21)5-9-19-7-3-11(4-8-19)14-17-10-12-2-1-6-16-15(12)18-14/h1-4,6-8,10H,5,9H2/p+1. The highest BCUT2D eigenvalue weighted by molar-refractivity contribution is 5.75. The van der Waals surface area contributed by atoms with Gasteiger partial charge in [-0.05, 0) is 12.1 Å². The lowest BCUT2D eigenvalue weighted by molar-refractivity contribution is -0.695. The van der Waals surface area contributed by atoms with Gasteiger partial charge in [0, 0.05) is 35.5 Å². The molecule has 0 aliphatic heterocycles. The minimum absolute atomic E-state index is 0.0976. The average Bonchev–Trinajstić information content (AvgIpc) is 2.53. The Morgan fingerprint density at radius 2 is 2.00 bits per heavy atom. The lowest BCUT2D eigenvalue weighted by Gasteiger charge is -2.01. The second-order valence-electron chi connectivity index (χ2n) is 4.58. The zero-order chi connectivity index (χ0) is 14.7. The van der Waals surface area contributed by atoms with Crippen LogP contribution in [-0.4, -0.2) is 26.0 Å². The van der Waals surface area contributed by atoms with Crippen LogP contribution in [0, 0.1) is 0 Å². The minimum Gasteiger partial charge on any atom is -0.481 e. The average molecular weight is 281 g/mol. The van der Waals surface area contributed by atoms with Crippen molar-refractivity contribution in [3.05, 3.63) is 49.1 Å².